The van der Waals surface area contributed by atoms with Crippen molar-refractivity contribution in [2.24, 2.45) is 5.92 Å². The normalized spacial score (nSPS) is 20.2. The van der Waals surface area contributed by atoms with Gasteiger partial charge in [-0.25, -0.2) is 0 Å². The second-order valence-electron chi connectivity index (χ2n) is 6.16. The zero-order valence-electron chi connectivity index (χ0n) is 14.2. The SMILES string of the molecule is CCCCC1CCCC1NC(=O)c1ccc(OC(F)F)c(OC)c1. The number of ether oxygens (including phenoxy) is 2. The van der Waals surface area contributed by atoms with Crippen molar-refractivity contribution in [3.05, 3.63) is 23.8 Å². The second-order valence-corrected chi connectivity index (χ2v) is 6.16. The molecule has 1 fully saturated rings. The molecule has 1 aliphatic carbocycles. The third kappa shape index (κ3) is 4.82. The first-order chi connectivity index (χ1) is 11.5. The predicted octanol–water partition coefficient (Wildman–Crippen LogP) is 4.39. The van der Waals surface area contributed by atoms with Crippen molar-refractivity contribution >= 4 is 5.91 Å². The van der Waals surface area contributed by atoms with E-state index in [1.165, 1.54) is 31.7 Å². The number of unbranched alkanes of at least 4 members (excludes halogenated alkanes) is 1. The Morgan fingerprint density at radius 1 is 1.33 bits per heavy atom. The minimum atomic E-state index is -2.93. The molecular formula is C18H25F2NO3. The zero-order chi connectivity index (χ0) is 17.5. The Bertz CT molecular complexity index is 551. The molecule has 0 aromatic heterocycles. The third-order valence-electron chi connectivity index (χ3n) is 4.55. The highest BCUT2D eigenvalue weighted by Crippen LogP contribution is 2.32. The first-order valence-electron chi connectivity index (χ1n) is 8.48. The molecule has 1 saturated carbocycles. The van der Waals surface area contributed by atoms with Gasteiger partial charge in [-0.2, -0.15) is 8.78 Å². The summed E-state index contributed by atoms with van der Waals surface area (Å²) in [5.41, 5.74) is 0.384. The van der Waals surface area contributed by atoms with E-state index >= 15 is 0 Å². The molecule has 24 heavy (non-hydrogen) atoms. The van der Waals surface area contributed by atoms with Gasteiger partial charge in [-0.15, -0.1) is 0 Å². The van der Waals surface area contributed by atoms with Crippen molar-refractivity contribution in [1.82, 2.24) is 5.32 Å². The highest BCUT2D eigenvalue weighted by Gasteiger charge is 2.28. The summed E-state index contributed by atoms with van der Waals surface area (Å²) in [7, 11) is 1.35. The Hall–Kier alpha value is -1.85. The van der Waals surface area contributed by atoms with Gasteiger partial charge in [0.15, 0.2) is 11.5 Å². The molecule has 2 rings (SSSR count). The molecule has 1 aromatic rings. The van der Waals surface area contributed by atoms with Gasteiger partial charge in [0, 0.05) is 11.6 Å². The number of nitrogens with one attached hydrogen (secondary N) is 1. The van der Waals surface area contributed by atoms with Crippen LogP contribution in [0.25, 0.3) is 0 Å². The van der Waals surface area contributed by atoms with Crippen molar-refractivity contribution in [2.75, 3.05) is 7.11 Å². The van der Waals surface area contributed by atoms with Crippen molar-refractivity contribution in [3.63, 3.8) is 0 Å². The van der Waals surface area contributed by atoms with Crippen LogP contribution in [-0.4, -0.2) is 25.7 Å². The second kappa shape index (κ2) is 8.85. The fourth-order valence-electron chi connectivity index (χ4n) is 3.29. The van der Waals surface area contributed by atoms with Crippen molar-refractivity contribution < 1.29 is 23.0 Å². The van der Waals surface area contributed by atoms with E-state index in [9.17, 15) is 13.6 Å². The summed E-state index contributed by atoms with van der Waals surface area (Å²) in [5, 5.41) is 3.08. The van der Waals surface area contributed by atoms with Gasteiger partial charge in [0.1, 0.15) is 0 Å². The number of alkyl halides is 2. The lowest BCUT2D eigenvalue weighted by Gasteiger charge is -2.21. The quantitative estimate of drug-likeness (QED) is 0.763. The number of halogens is 2. The highest BCUT2D eigenvalue weighted by atomic mass is 19.3. The average molecular weight is 341 g/mol. The summed E-state index contributed by atoms with van der Waals surface area (Å²) in [6, 6.07) is 4.43. The van der Waals surface area contributed by atoms with Crippen LogP contribution in [-0.2, 0) is 0 Å². The number of hydrogen-bond donors (Lipinski definition) is 1. The molecule has 1 N–H and O–H groups in total. The number of carbonyl (C=O) groups is 1. The van der Waals surface area contributed by atoms with Crippen LogP contribution in [0, 0.1) is 5.92 Å². The lowest BCUT2D eigenvalue weighted by Crippen LogP contribution is -2.37. The number of carbonyl (C=O) groups excluding carboxylic acids is 1. The number of methoxy groups -OCH3 is 1. The average Bonchev–Trinajstić information content (AvgIpc) is 2.99. The van der Waals surface area contributed by atoms with Crippen LogP contribution < -0.4 is 14.8 Å². The van der Waals surface area contributed by atoms with E-state index in [2.05, 4.69) is 17.0 Å². The van der Waals surface area contributed by atoms with E-state index in [4.69, 9.17) is 4.74 Å². The van der Waals surface area contributed by atoms with Crippen molar-refractivity contribution in [2.45, 2.75) is 58.1 Å². The van der Waals surface area contributed by atoms with Gasteiger partial charge in [-0.1, -0.05) is 26.2 Å². The Morgan fingerprint density at radius 3 is 2.79 bits per heavy atom. The molecule has 134 valence electrons. The first kappa shape index (κ1) is 18.5. The third-order valence-corrected chi connectivity index (χ3v) is 4.55. The predicted molar refractivity (Wildman–Crippen MR) is 87.7 cm³/mol. The van der Waals surface area contributed by atoms with Gasteiger partial charge >= 0.3 is 6.61 Å². The minimum Gasteiger partial charge on any atom is -0.493 e. The largest absolute Gasteiger partial charge is 0.493 e. The topological polar surface area (TPSA) is 47.6 Å². The molecule has 0 radical (unpaired) electrons. The molecule has 1 aliphatic rings. The molecule has 2 unspecified atom stereocenters. The lowest BCUT2D eigenvalue weighted by molar-refractivity contribution is -0.0512. The van der Waals surface area contributed by atoms with E-state index in [0.717, 1.165) is 32.1 Å². The van der Waals surface area contributed by atoms with Gasteiger partial charge in [-0.3, -0.25) is 4.79 Å². The number of hydrogen-bond acceptors (Lipinski definition) is 3. The summed E-state index contributed by atoms with van der Waals surface area (Å²) in [6.45, 7) is -0.769. The van der Waals surface area contributed by atoms with Crippen LogP contribution in [0.1, 0.15) is 55.8 Å². The van der Waals surface area contributed by atoms with E-state index < -0.39 is 6.61 Å². The van der Waals surface area contributed by atoms with Crippen molar-refractivity contribution in [1.29, 1.82) is 0 Å². The van der Waals surface area contributed by atoms with Gasteiger partial charge in [0.05, 0.1) is 7.11 Å². The van der Waals surface area contributed by atoms with Crippen LogP contribution >= 0.6 is 0 Å². The number of amides is 1. The van der Waals surface area contributed by atoms with Crippen LogP contribution in [0.2, 0.25) is 0 Å². The van der Waals surface area contributed by atoms with Crippen LogP contribution in [0.15, 0.2) is 18.2 Å². The minimum absolute atomic E-state index is 0.0780. The smallest absolute Gasteiger partial charge is 0.387 e. The van der Waals surface area contributed by atoms with Gasteiger partial charge in [0.2, 0.25) is 0 Å². The molecule has 0 bridgehead atoms. The Kier molecular flexibility index (Phi) is 6.82. The van der Waals surface area contributed by atoms with E-state index in [0.29, 0.717) is 11.5 Å². The molecule has 0 aliphatic heterocycles. The van der Waals surface area contributed by atoms with Gasteiger partial charge in [0.25, 0.3) is 5.91 Å². The van der Waals surface area contributed by atoms with Gasteiger partial charge in [-0.05, 0) is 43.4 Å². The molecule has 0 saturated heterocycles. The zero-order valence-corrected chi connectivity index (χ0v) is 14.2. The van der Waals surface area contributed by atoms with E-state index in [1.54, 1.807) is 0 Å². The van der Waals surface area contributed by atoms with Crippen LogP contribution in [0.5, 0.6) is 11.5 Å². The Balaban J connectivity index is 2.03. The maximum Gasteiger partial charge on any atom is 0.387 e. The standard InChI is InChI=1S/C18H25F2NO3/c1-3-4-6-12-7-5-8-14(12)21-17(22)13-9-10-15(24-18(19)20)16(11-13)23-2/h9-12,14,18H,3-8H2,1-2H3,(H,21,22). The number of rotatable bonds is 8. The summed E-state index contributed by atoms with van der Waals surface area (Å²) in [4.78, 5) is 12.5. The summed E-state index contributed by atoms with van der Waals surface area (Å²) < 4.78 is 34.1. The molecule has 4 nitrogen and oxygen atoms in total. The Morgan fingerprint density at radius 2 is 2.12 bits per heavy atom. The van der Waals surface area contributed by atoms with E-state index in [-0.39, 0.29) is 23.4 Å². The maximum atomic E-state index is 12.5. The Labute approximate surface area is 141 Å². The van der Waals surface area contributed by atoms with Crippen molar-refractivity contribution in [3.8, 4) is 11.5 Å². The summed E-state index contributed by atoms with van der Waals surface area (Å²) >= 11 is 0. The lowest BCUT2D eigenvalue weighted by atomic mass is 9.96. The molecule has 1 amide bonds. The molecule has 0 spiro atoms. The van der Waals surface area contributed by atoms with Crippen LogP contribution in [0.4, 0.5) is 8.78 Å². The molecule has 1 aromatic carbocycles. The summed E-state index contributed by atoms with van der Waals surface area (Å²) in [5.74, 6) is 0.366. The number of benzene rings is 1. The fraction of sp³-hybridized carbons (Fsp3) is 0.611. The molecular weight excluding hydrogens is 316 g/mol. The first-order valence-corrected chi connectivity index (χ1v) is 8.48. The van der Waals surface area contributed by atoms with Gasteiger partial charge < -0.3 is 14.8 Å². The summed E-state index contributed by atoms with van der Waals surface area (Å²) in [6.07, 6.45) is 6.72. The molecule has 6 heteroatoms. The highest BCUT2D eigenvalue weighted by molar-refractivity contribution is 5.95. The van der Waals surface area contributed by atoms with Crippen LogP contribution in [0.3, 0.4) is 0 Å². The maximum absolute atomic E-state index is 12.5. The monoisotopic (exact) mass is 341 g/mol. The molecule has 0 heterocycles. The fourth-order valence-corrected chi connectivity index (χ4v) is 3.29. The molecule has 2 atom stereocenters. The van der Waals surface area contributed by atoms with E-state index in [1.807, 2.05) is 0 Å².